The van der Waals surface area contributed by atoms with Crippen LogP contribution < -0.4 is 27.4 Å². The molecule has 1 aliphatic carbocycles. The summed E-state index contributed by atoms with van der Waals surface area (Å²) in [7, 11) is 0. The van der Waals surface area contributed by atoms with Gasteiger partial charge in [-0.3, -0.25) is 28.1 Å². The first-order valence-corrected chi connectivity index (χ1v) is 12.6. The Morgan fingerprint density at radius 2 is 1.82 bits per heavy atom. The van der Waals surface area contributed by atoms with Gasteiger partial charge < -0.3 is 15.7 Å². The number of halogens is 1. The van der Waals surface area contributed by atoms with Crippen molar-refractivity contribution in [3.05, 3.63) is 90.6 Å². The number of pyridine rings is 1. The lowest BCUT2D eigenvalue weighted by molar-refractivity contribution is -0.114. The van der Waals surface area contributed by atoms with E-state index in [9.17, 15) is 28.7 Å². The van der Waals surface area contributed by atoms with Crippen LogP contribution in [-0.4, -0.2) is 31.3 Å². The van der Waals surface area contributed by atoms with Gasteiger partial charge in [0.25, 0.3) is 11.1 Å². The Bertz CT molecular complexity index is 1820. The molecule has 0 aliphatic heterocycles. The lowest BCUT2D eigenvalue weighted by Gasteiger charge is -2.22. The molecule has 3 N–H and O–H groups in total. The number of aliphatic hydroxyl groups excluding tert-OH is 1. The molecule has 202 valence electrons. The first-order chi connectivity index (χ1) is 18.6. The van der Waals surface area contributed by atoms with Gasteiger partial charge in [0.2, 0.25) is 5.91 Å². The van der Waals surface area contributed by atoms with Gasteiger partial charge in [0.1, 0.15) is 17.0 Å². The number of carbonyl (C=O) groups excluding carboxylic acids is 1. The van der Waals surface area contributed by atoms with Crippen LogP contribution >= 0.6 is 0 Å². The monoisotopic (exact) mass is 533 g/mol. The Hall–Kier alpha value is -4.51. The molecule has 1 amide bonds. The summed E-state index contributed by atoms with van der Waals surface area (Å²) in [6, 6.07) is 10.7. The molecular weight excluding hydrogens is 505 g/mol. The minimum atomic E-state index is -0.621. The van der Waals surface area contributed by atoms with Crippen LogP contribution in [0.25, 0.3) is 16.6 Å². The Kier molecular flexibility index (Phi) is 6.69. The van der Waals surface area contributed by atoms with E-state index in [1.807, 2.05) is 0 Å². The van der Waals surface area contributed by atoms with Crippen LogP contribution in [-0.2, 0) is 11.3 Å². The molecule has 5 rings (SSSR count). The van der Waals surface area contributed by atoms with Crippen molar-refractivity contribution in [3.8, 4) is 5.69 Å². The second kappa shape index (κ2) is 9.99. The van der Waals surface area contributed by atoms with Gasteiger partial charge in [0.05, 0.1) is 30.0 Å². The molecular formula is C28H28FN5O5. The largest absolute Gasteiger partial charge is 0.395 e. The highest BCUT2D eigenvalue weighted by molar-refractivity contribution is 5.94. The van der Waals surface area contributed by atoms with Gasteiger partial charge >= 0.3 is 5.69 Å². The van der Waals surface area contributed by atoms with Crippen molar-refractivity contribution in [2.24, 2.45) is 0 Å². The Morgan fingerprint density at radius 1 is 1.08 bits per heavy atom. The zero-order chi connectivity index (χ0) is 28.0. The Balaban J connectivity index is 1.93. The van der Waals surface area contributed by atoms with Gasteiger partial charge in [0, 0.05) is 24.2 Å². The lowest BCUT2D eigenvalue weighted by Crippen LogP contribution is -2.41. The third-order valence-electron chi connectivity index (χ3n) is 6.76. The molecule has 0 bridgehead atoms. The van der Waals surface area contributed by atoms with Crippen molar-refractivity contribution >= 4 is 34.0 Å². The number of amides is 1. The summed E-state index contributed by atoms with van der Waals surface area (Å²) >= 11 is 0. The van der Waals surface area contributed by atoms with E-state index in [1.165, 1.54) is 35.1 Å². The normalized spacial score (nSPS) is 13.1. The zero-order valence-corrected chi connectivity index (χ0v) is 21.7. The van der Waals surface area contributed by atoms with E-state index in [1.54, 1.807) is 37.3 Å². The predicted molar refractivity (Wildman–Crippen MR) is 147 cm³/mol. The number of rotatable bonds is 7. The first-order valence-electron chi connectivity index (χ1n) is 12.6. The van der Waals surface area contributed by atoms with Gasteiger partial charge in [-0.2, -0.15) is 0 Å². The van der Waals surface area contributed by atoms with E-state index in [0.29, 0.717) is 29.8 Å². The minimum absolute atomic E-state index is 0.0111. The summed E-state index contributed by atoms with van der Waals surface area (Å²) in [4.78, 5) is 53.1. The highest BCUT2D eigenvalue weighted by atomic mass is 19.1. The Morgan fingerprint density at radius 3 is 2.46 bits per heavy atom. The summed E-state index contributed by atoms with van der Waals surface area (Å²) in [5.41, 5.74) is -0.145. The number of fused-ring (bicyclic) bond motifs is 1. The molecule has 1 fully saturated rings. The van der Waals surface area contributed by atoms with Gasteiger partial charge in [-0.25, -0.2) is 9.18 Å². The molecule has 10 nitrogen and oxygen atoms in total. The SMILES string of the molecule is CC(=O)Nc1cccc(-n2c(=O)n(C3CC3)c(=O)c3c(Nc4ccc(C)cc4F)n(CCO)c(=O)c(C)c32)c1. The van der Waals surface area contributed by atoms with E-state index in [-0.39, 0.29) is 46.5 Å². The topological polar surface area (TPSA) is 127 Å². The number of hydrogen-bond acceptors (Lipinski definition) is 6. The molecule has 2 aromatic carbocycles. The third kappa shape index (κ3) is 4.65. The van der Waals surface area contributed by atoms with Gasteiger partial charge in [-0.15, -0.1) is 0 Å². The second-order valence-corrected chi connectivity index (χ2v) is 9.74. The van der Waals surface area contributed by atoms with Crippen LogP contribution in [0, 0.1) is 19.7 Å². The van der Waals surface area contributed by atoms with E-state index < -0.39 is 29.2 Å². The van der Waals surface area contributed by atoms with Crippen LogP contribution in [0.4, 0.5) is 21.6 Å². The number of aliphatic hydroxyl groups is 1. The van der Waals surface area contributed by atoms with Crippen molar-refractivity contribution in [1.29, 1.82) is 0 Å². The fraction of sp³-hybridized carbons (Fsp3) is 0.286. The van der Waals surface area contributed by atoms with Gasteiger partial charge in [-0.1, -0.05) is 12.1 Å². The summed E-state index contributed by atoms with van der Waals surface area (Å²) in [5, 5.41) is 15.4. The van der Waals surface area contributed by atoms with Crippen LogP contribution in [0.5, 0.6) is 0 Å². The van der Waals surface area contributed by atoms with E-state index in [4.69, 9.17) is 0 Å². The highest BCUT2D eigenvalue weighted by Gasteiger charge is 2.32. The Labute approximate surface area is 222 Å². The maximum atomic E-state index is 14.9. The molecule has 4 aromatic rings. The number of anilines is 3. The second-order valence-electron chi connectivity index (χ2n) is 9.74. The molecule has 1 aliphatic rings. The van der Waals surface area contributed by atoms with Crippen molar-refractivity contribution < 1.29 is 14.3 Å². The van der Waals surface area contributed by atoms with Crippen molar-refractivity contribution in [1.82, 2.24) is 13.7 Å². The maximum Gasteiger partial charge on any atom is 0.336 e. The zero-order valence-electron chi connectivity index (χ0n) is 21.7. The molecule has 11 heteroatoms. The molecule has 0 saturated heterocycles. The molecule has 2 heterocycles. The average Bonchev–Trinajstić information content (AvgIpc) is 3.71. The fourth-order valence-corrected chi connectivity index (χ4v) is 4.85. The molecule has 2 aromatic heterocycles. The number of aromatic nitrogens is 3. The summed E-state index contributed by atoms with van der Waals surface area (Å²) in [6.07, 6.45) is 1.27. The van der Waals surface area contributed by atoms with Crippen LogP contribution in [0.3, 0.4) is 0 Å². The van der Waals surface area contributed by atoms with Gasteiger partial charge in [-0.05, 0) is 62.6 Å². The summed E-state index contributed by atoms with van der Waals surface area (Å²) in [5.74, 6) is -0.920. The first kappa shape index (κ1) is 26.1. The van der Waals surface area contributed by atoms with E-state index in [0.717, 1.165) is 4.57 Å². The maximum absolute atomic E-state index is 14.9. The molecule has 0 unspecified atom stereocenters. The van der Waals surface area contributed by atoms with Crippen molar-refractivity contribution in [3.63, 3.8) is 0 Å². The third-order valence-corrected chi connectivity index (χ3v) is 6.76. The number of aryl methyl sites for hydroxylation is 2. The van der Waals surface area contributed by atoms with Crippen LogP contribution in [0.1, 0.15) is 36.9 Å². The standard InChI is InChI=1S/C28H28FN5O5/c1-15-7-10-22(21(29)13-15)31-25-23-24(16(2)26(37)32(25)11-12-35)33(28(39)34(27(23)38)19-8-9-19)20-6-4-5-18(14-20)30-17(3)36/h4-7,10,13-14,19,31,35H,8-9,11-12H2,1-3H3,(H,30,36). The predicted octanol–water partition coefficient (Wildman–Crippen LogP) is 3.10. The smallest absolute Gasteiger partial charge is 0.336 e. The number of carbonyl (C=O) groups is 1. The molecule has 0 radical (unpaired) electrons. The van der Waals surface area contributed by atoms with E-state index >= 15 is 0 Å². The van der Waals surface area contributed by atoms with Gasteiger partial charge in [0.15, 0.2) is 0 Å². The van der Waals surface area contributed by atoms with Crippen molar-refractivity contribution in [2.75, 3.05) is 17.2 Å². The fourth-order valence-electron chi connectivity index (χ4n) is 4.85. The number of hydrogen-bond donors (Lipinski definition) is 3. The van der Waals surface area contributed by atoms with Crippen molar-refractivity contribution in [2.45, 2.75) is 46.2 Å². The van der Waals surface area contributed by atoms with E-state index in [2.05, 4.69) is 10.6 Å². The van der Waals surface area contributed by atoms with Crippen LogP contribution in [0.2, 0.25) is 0 Å². The minimum Gasteiger partial charge on any atom is -0.395 e. The summed E-state index contributed by atoms with van der Waals surface area (Å²) < 4.78 is 18.6. The lowest BCUT2D eigenvalue weighted by atomic mass is 10.1. The highest BCUT2D eigenvalue weighted by Crippen LogP contribution is 2.34. The molecule has 0 atom stereocenters. The molecule has 1 saturated carbocycles. The summed E-state index contributed by atoms with van der Waals surface area (Å²) in [6.45, 7) is 4.02. The number of nitrogens with one attached hydrogen (secondary N) is 2. The average molecular weight is 534 g/mol. The number of benzene rings is 2. The molecule has 0 spiro atoms. The molecule has 39 heavy (non-hydrogen) atoms. The quantitative estimate of drug-likeness (QED) is 0.335. The van der Waals surface area contributed by atoms with Crippen LogP contribution in [0.15, 0.2) is 56.8 Å². The number of nitrogens with zero attached hydrogens (tertiary/aromatic N) is 3.